The zero-order valence-electron chi connectivity index (χ0n) is 18.1. The number of hydrogen-bond donors (Lipinski definition) is 0. The summed E-state index contributed by atoms with van der Waals surface area (Å²) >= 11 is 0. The molecule has 4 rings (SSSR count). The number of carbonyl (C=O) groups excluding carboxylic acids is 1. The van der Waals surface area contributed by atoms with E-state index in [1.807, 2.05) is 0 Å². The van der Waals surface area contributed by atoms with Crippen LogP contribution in [0.25, 0.3) is 0 Å². The predicted octanol–water partition coefficient (Wildman–Crippen LogP) is 5.47. The minimum absolute atomic E-state index is 0.0756. The van der Waals surface area contributed by atoms with E-state index in [1.54, 1.807) is 0 Å². The Morgan fingerprint density at radius 2 is 1.69 bits per heavy atom. The molecule has 2 aromatic heterocycles. The van der Waals surface area contributed by atoms with Crippen LogP contribution in [0.1, 0.15) is 21.5 Å². The van der Waals surface area contributed by atoms with Crippen molar-refractivity contribution in [3.8, 4) is 11.6 Å². The second-order valence-corrected chi connectivity index (χ2v) is 7.45. The van der Waals surface area contributed by atoms with Crippen molar-refractivity contribution in [2.24, 2.45) is 0 Å². The van der Waals surface area contributed by atoms with Gasteiger partial charge in [0.2, 0.25) is 5.88 Å². The van der Waals surface area contributed by atoms with Gasteiger partial charge in [-0.2, -0.15) is 13.2 Å². The van der Waals surface area contributed by atoms with Crippen LogP contribution in [0, 0.1) is 6.92 Å². The molecule has 35 heavy (non-hydrogen) atoms. The van der Waals surface area contributed by atoms with E-state index >= 15 is 0 Å². The Bertz CT molecular complexity index is 1260. The molecule has 3 heterocycles. The third kappa shape index (κ3) is 4.93. The summed E-state index contributed by atoms with van der Waals surface area (Å²) in [6, 6.07) is 7.16. The lowest BCUT2D eigenvalue weighted by Crippen LogP contribution is -2.45. The van der Waals surface area contributed by atoms with Gasteiger partial charge < -0.3 is 14.4 Å². The van der Waals surface area contributed by atoms with Crippen LogP contribution in [0.2, 0.25) is 0 Å². The monoisotopic (exact) mass is 498 g/mol. The molecule has 1 amide bonds. The van der Waals surface area contributed by atoms with Crippen LogP contribution in [-0.2, 0) is 6.18 Å². The number of alkyl halides is 6. The fourth-order valence-electron chi connectivity index (χ4n) is 3.57. The Morgan fingerprint density at radius 1 is 0.943 bits per heavy atom. The Hall–Kier alpha value is -4.03. The molecule has 184 valence electrons. The number of hydrogen-bond acceptors (Lipinski definition) is 6. The fourth-order valence-corrected chi connectivity index (χ4v) is 3.57. The van der Waals surface area contributed by atoms with E-state index in [0.717, 1.165) is 12.1 Å². The molecule has 1 aliphatic heterocycles. The lowest BCUT2D eigenvalue weighted by Gasteiger charge is -2.38. The molecule has 13 heteroatoms. The van der Waals surface area contributed by atoms with Crippen LogP contribution in [0.3, 0.4) is 0 Å². The summed E-state index contributed by atoms with van der Waals surface area (Å²) in [5.74, 6) is -1.04. The quantitative estimate of drug-likeness (QED) is 0.445. The van der Waals surface area contributed by atoms with Crippen LogP contribution in [0.5, 0.6) is 11.6 Å². The minimum atomic E-state index is -4.90. The number of aromatic nitrogens is 2. The molecule has 0 saturated heterocycles. The number of nitrogens with zero attached hydrogens (tertiary/aromatic N) is 4. The molecule has 1 aliphatic rings. The lowest BCUT2D eigenvalue weighted by molar-refractivity contribution is -0.274. The smallest absolute Gasteiger partial charge is 0.481 e. The molecule has 0 N–H and O–H groups in total. The Morgan fingerprint density at radius 3 is 2.26 bits per heavy atom. The number of rotatable bonds is 4. The number of ether oxygens (including phenoxy) is 2. The number of benzene rings is 1. The van der Waals surface area contributed by atoms with Crippen LogP contribution in [0.4, 0.5) is 43.5 Å². The molecular weight excluding hydrogens is 482 g/mol. The van der Waals surface area contributed by atoms with Crippen molar-refractivity contribution in [3.63, 3.8) is 0 Å². The average molecular weight is 498 g/mol. The van der Waals surface area contributed by atoms with Gasteiger partial charge in [0.25, 0.3) is 5.91 Å². The Kier molecular flexibility index (Phi) is 5.95. The number of aryl methyl sites for hydroxylation is 1. The second-order valence-electron chi connectivity index (χ2n) is 7.45. The molecule has 0 radical (unpaired) electrons. The number of carbonyl (C=O) groups is 1. The van der Waals surface area contributed by atoms with Crippen molar-refractivity contribution >= 4 is 23.1 Å². The average Bonchev–Trinajstić information content (AvgIpc) is 2.78. The number of fused-ring (bicyclic) bond motifs is 1. The van der Waals surface area contributed by atoms with E-state index in [2.05, 4.69) is 14.7 Å². The van der Waals surface area contributed by atoms with Gasteiger partial charge in [-0.25, -0.2) is 9.97 Å². The molecule has 0 spiro atoms. The van der Waals surface area contributed by atoms with Gasteiger partial charge in [-0.1, -0.05) is 0 Å². The van der Waals surface area contributed by atoms with E-state index in [-0.39, 0.29) is 29.6 Å². The standard InChI is InChI=1S/C22H16F6N4O3/c1-12-7-15(35-22(26,27)28)4-5-17(12)32-11-31(14-3-6-18(34-2)29-10-14)20(33)16-8-13(21(23,24)25)9-30-19(16)32/h3-10H,11H2,1-2H3. The molecule has 0 fully saturated rings. The van der Waals surface area contributed by atoms with E-state index in [0.29, 0.717) is 23.5 Å². The Labute approximate surface area is 194 Å². The highest BCUT2D eigenvalue weighted by atomic mass is 19.4. The van der Waals surface area contributed by atoms with Gasteiger partial charge in [-0.15, -0.1) is 13.2 Å². The number of anilines is 3. The summed E-state index contributed by atoms with van der Waals surface area (Å²) in [4.78, 5) is 23.7. The summed E-state index contributed by atoms with van der Waals surface area (Å²) in [7, 11) is 1.39. The van der Waals surface area contributed by atoms with Crippen LogP contribution < -0.4 is 19.3 Å². The van der Waals surface area contributed by atoms with Gasteiger partial charge in [0.1, 0.15) is 18.2 Å². The molecule has 0 atom stereocenters. The topological polar surface area (TPSA) is 67.8 Å². The maximum atomic E-state index is 13.3. The third-order valence-electron chi connectivity index (χ3n) is 5.14. The van der Waals surface area contributed by atoms with Gasteiger partial charge in [0, 0.05) is 18.0 Å². The molecule has 7 nitrogen and oxygen atoms in total. The van der Waals surface area contributed by atoms with Crippen molar-refractivity contribution in [2.75, 3.05) is 23.6 Å². The first kappa shape index (κ1) is 24.1. The van der Waals surface area contributed by atoms with E-state index < -0.39 is 29.8 Å². The van der Waals surface area contributed by atoms with Gasteiger partial charge in [-0.3, -0.25) is 9.69 Å². The van der Waals surface area contributed by atoms with E-state index in [9.17, 15) is 31.1 Å². The highest BCUT2D eigenvalue weighted by Gasteiger charge is 2.38. The first-order valence-electron chi connectivity index (χ1n) is 9.90. The van der Waals surface area contributed by atoms with Crippen LogP contribution >= 0.6 is 0 Å². The maximum Gasteiger partial charge on any atom is 0.573 e. The normalized spacial score (nSPS) is 14.1. The summed E-state index contributed by atoms with van der Waals surface area (Å²) < 4.78 is 86.8. The number of methoxy groups -OCH3 is 1. The zero-order chi connectivity index (χ0) is 25.5. The third-order valence-corrected chi connectivity index (χ3v) is 5.14. The highest BCUT2D eigenvalue weighted by molar-refractivity contribution is 6.12. The minimum Gasteiger partial charge on any atom is -0.481 e. The lowest BCUT2D eigenvalue weighted by atomic mass is 10.1. The van der Waals surface area contributed by atoms with Gasteiger partial charge in [0.15, 0.2) is 0 Å². The van der Waals surface area contributed by atoms with Crippen molar-refractivity contribution in [3.05, 3.63) is 65.5 Å². The van der Waals surface area contributed by atoms with Crippen LogP contribution in [-0.4, -0.2) is 36.0 Å². The summed E-state index contributed by atoms with van der Waals surface area (Å²) in [5.41, 5.74) is -0.575. The van der Waals surface area contributed by atoms with Crippen LogP contribution in [0.15, 0.2) is 48.8 Å². The summed E-state index contributed by atoms with van der Waals surface area (Å²) in [6.45, 7) is 1.30. The molecule has 3 aromatic rings. The van der Waals surface area contributed by atoms with Crippen molar-refractivity contribution < 1.29 is 40.6 Å². The van der Waals surface area contributed by atoms with Crippen molar-refractivity contribution in [1.82, 2.24) is 9.97 Å². The zero-order valence-corrected chi connectivity index (χ0v) is 18.1. The largest absolute Gasteiger partial charge is 0.573 e. The molecule has 1 aromatic carbocycles. The van der Waals surface area contributed by atoms with E-state index in [1.165, 1.54) is 48.2 Å². The number of amides is 1. The molecule has 0 saturated carbocycles. The molecule has 0 bridgehead atoms. The molecular formula is C22H16F6N4O3. The number of halogens is 6. The SMILES string of the molecule is COc1ccc(N2CN(c3ccc(OC(F)(F)F)cc3C)c3ncc(C(F)(F)F)cc3C2=O)cn1. The predicted molar refractivity (Wildman–Crippen MR) is 112 cm³/mol. The van der Waals surface area contributed by atoms with E-state index in [4.69, 9.17) is 4.74 Å². The molecule has 0 unspecified atom stereocenters. The van der Waals surface area contributed by atoms with Gasteiger partial charge in [0.05, 0.1) is 30.1 Å². The second kappa shape index (κ2) is 8.64. The van der Waals surface area contributed by atoms with Gasteiger partial charge >= 0.3 is 12.5 Å². The summed E-state index contributed by atoms with van der Waals surface area (Å²) in [5, 5.41) is 0. The number of pyridine rings is 2. The van der Waals surface area contributed by atoms with Gasteiger partial charge in [-0.05, 0) is 42.8 Å². The first-order valence-corrected chi connectivity index (χ1v) is 9.90. The molecule has 0 aliphatic carbocycles. The Balaban J connectivity index is 1.82. The van der Waals surface area contributed by atoms with Crippen molar-refractivity contribution in [2.45, 2.75) is 19.5 Å². The fraction of sp³-hybridized carbons (Fsp3) is 0.227. The highest BCUT2D eigenvalue weighted by Crippen LogP contribution is 2.39. The maximum absolute atomic E-state index is 13.3. The first-order chi connectivity index (χ1) is 16.4. The summed E-state index contributed by atoms with van der Waals surface area (Å²) in [6.07, 6.45) is -7.73. The van der Waals surface area contributed by atoms with Crippen molar-refractivity contribution in [1.29, 1.82) is 0 Å².